The first-order valence-corrected chi connectivity index (χ1v) is 9.64. The summed E-state index contributed by atoms with van der Waals surface area (Å²) in [5.41, 5.74) is 5.49. The van der Waals surface area contributed by atoms with Crippen molar-refractivity contribution in [2.75, 3.05) is 57.4 Å². The minimum Gasteiger partial charge on any atom is -0.493 e. The second-order valence-electron chi connectivity index (χ2n) is 6.95. The zero-order chi connectivity index (χ0) is 33.3. The van der Waals surface area contributed by atoms with E-state index in [1.165, 1.54) is 0 Å². The number of nitrogen functional groups attached to an aromatic ring is 1. The molecule has 3 heterocycles. The second-order valence-corrected chi connectivity index (χ2v) is 6.95. The van der Waals surface area contributed by atoms with Crippen LogP contribution in [0.3, 0.4) is 0 Å². The maximum absolute atomic E-state index is 13.3. The third kappa shape index (κ3) is 3.88. The molecule has 2 N–H and O–H groups in total. The van der Waals surface area contributed by atoms with Crippen LogP contribution in [-0.2, 0) is 4.79 Å². The Morgan fingerprint density at radius 3 is 2.67 bits per heavy atom. The average molecular weight is 464 g/mol. The quantitative estimate of drug-likeness (QED) is 0.618. The summed E-state index contributed by atoms with van der Waals surface area (Å²) in [4.78, 5) is 22.8. The lowest BCUT2D eigenvalue weighted by Crippen LogP contribution is -2.54. The Bertz CT molecular complexity index is 1650. The highest BCUT2D eigenvalue weighted by atomic mass is 16.6. The number of carbonyl (C=O) groups excluding carboxylic acids is 1. The predicted octanol–water partition coefficient (Wildman–Crippen LogP) is 1.72. The molecular formula is C23H25N5O5. The van der Waals surface area contributed by atoms with Crippen molar-refractivity contribution in [3.63, 3.8) is 0 Å². The Balaban J connectivity index is 1.54. The lowest BCUT2D eigenvalue weighted by Gasteiger charge is -2.37. The number of para-hydroxylation sites is 2. The second kappa shape index (κ2) is 8.53. The van der Waals surface area contributed by atoms with Crippen molar-refractivity contribution in [2.45, 2.75) is 6.10 Å². The van der Waals surface area contributed by atoms with Gasteiger partial charge in [0, 0.05) is 37.5 Å². The number of rotatable bonds is 4. The van der Waals surface area contributed by atoms with Gasteiger partial charge in [-0.05, 0) is 18.2 Å². The highest BCUT2D eigenvalue weighted by Gasteiger charge is 2.33. The average Bonchev–Trinajstić information content (AvgIpc) is 2.90. The van der Waals surface area contributed by atoms with Crippen molar-refractivity contribution in [3.8, 4) is 23.0 Å². The van der Waals surface area contributed by atoms with Gasteiger partial charge in [-0.15, -0.1) is 0 Å². The number of piperazine rings is 1. The molecule has 0 radical (unpaired) electrons. The normalized spacial score (nSPS) is 26.8. The minimum absolute atomic E-state index is 0.192. The van der Waals surface area contributed by atoms with Gasteiger partial charge >= 0.3 is 0 Å². The van der Waals surface area contributed by atoms with E-state index >= 15 is 0 Å². The van der Waals surface area contributed by atoms with E-state index in [1.54, 1.807) is 24.3 Å². The van der Waals surface area contributed by atoms with E-state index in [0.717, 1.165) is 4.90 Å². The van der Waals surface area contributed by atoms with Crippen molar-refractivity contribution in [2.24, 2.45) is 0 Å². The molecule has 172 valence electrons. The molecule has 10 nitrogen and oxygen atoms in total. The molecule has 1 atom stereocenters. The number of aromatic nitrogens is 2. The van der Waals surface area contributed by atoms with Crippen molar-refractivity contribution < 1.29 is 40.2 Å². The molecule has 1 fully saturated rings. The summed E-state index contributed by atoms with van der Waals surface area (Å²) >= 11 is 0. The molecule has 5 rings (SSSR count). The van der Waals surface area contributed by atoms with Gasteiger partial charge in [0.15, 0.2) is 23.0 Å². The number of anilines is 2. The lowest BCUT2D eigenvalue weighted by molar-refractivity contribution is -0.141. The molecule has 0 spiro atoms. The Morgan fingerprint density at radius 1 is 1.18 bits per heavy atom. The van der Waals surface area contributed by atoms with Crippen LogP contribution in [-0.4, -0.2) is 73.6 Å². The maximum atomic E-state index is 13.3. The number of nitrogens with zero attached hydrogens (tertiary/aromatic N) is 4. The van der Waals surface area contributed by atoms with Crippen LogP contribution in [0.25, 0.3) is 10.9 Å². The third-order valence-corrected chi connectivity index (χ3v) is 4.94. The molecule has 10 heteroatoms. The van der Waals surface area contributed by atoms with E-state index in [9.17, 15) is 4.79 Å². The Kier molecular flexibility index (Phi) is 2.91. The summed E-state index contributed by atoms with van der Waals surface area (Å²) in [6.07, 6.45) is -1.19. The number of benzene rings is 2. The van der Waals surface area contributed by atoms with E-state index in [4.69, 9.17) is 41.1 Å². The monoisotopic (exact) mass is 463 g/mol. The fraction of sp³-hybridized carbons (Fsp3) is 0.348. The van der Waals surface area contributed by atoms with Gasteiger partial charge in [0.25, 0.3) is 5.91 Å². The number of amides is 1. The zero-order valence-corrected chi connectivity index (χ0v) is 16.9. The SMILES string of the molecule is [2H]c1c(OC([2H])([2H])[2H])c(OC([2H])([2H])[2H])c([2H])c2c(N)nc(N3C([2H])([2H])CN(C(=O)C4COc5ccccc5O4)CC3([2H])[2H])nc12. The molecule has 0 bridgehead atoms. The van der Waals surface area contributed by atoms with Crippen LogP contribution in [0.15, 0.2) is 36.4 Å². The van der Waals surface area contributed by atoms with E-state index in [1.807, 2.05) is 0 Å². The molecule has 0 aliphatic carbocycles. The molecule has 0 saturated carbocycles. The van der Waals surface area contributed by atoms with Gasteiger partial charge in [-0.3, -0.25) is 4.79 Å². The molecular weight excluding hydrogens is 426 g/mol. The highest BCUT2D eigenvalue weighted by Crippen LogP contribution is 2.34. The number of ether oxygens (including phenoxy) is 4. The van der Waals surface area contributed by atoms with Crippen molar-refractivity contribution >= 4 is 28.6 Å². The van der Waals surface area contributed by atoms with Crippen LogP contribution in [0.4, 0.5) is 11.8 Å². The van der Waals surface area contributed by atoms with Gasteiger partial charge in [0.05, 0.1) is 36.0 Å². The van der Waals surface area contributed by atoms with Crippen LogP contribution in [0.1, 0.15) is 16.4 Å². The minimum atomic E-state index is -3.22. The summed E-state index contributed by atoms with van der Waals surface area (Å²) < 4.78 is 117. The maximum Gasteiger partial charge on any atom is 0.267 e. The number of fused-ring (bicyclic) bond motifs is 2. The fourth-order valence-electron chi connectivity index (χ4n) is 3.32. The first kappa shape index (κ1) is 11.3. The lowest BCUT2D eigenvalue weighted by atomic mass is 10.2. The van der Waals surface area contributed by atoms with E-state index in [2.05, 4.69) is 9.97 Å². The number of methoxy groups -OCH3 is 2. The van der Waals surface area contributed by atoms with Crippen LogP contribution in [0.5, 0.6) is 23.0 Å². The van der Waals surface area contributed by atoms with Crippen LogP contribution in [0.2, 0.25) is 0 Å². The van der Waals surface area contributed by atoms with Crippen LogP contribution in [0, 0.1) is 0 Å². The summed E-state index contributed by atoms with van der Waals surface area (Å²) in [6.45, 7) is -6.96. The standard InChI is InChI=1S/C23H25N5O5/c1-30-18-11-14-15(12-19(18)31-2)25-23(26-21(14)24)28-9-7-27(8-10-28)22(29)20-13-32-16-5-3-4-6-17(16)33-20/h3-6,11-12,20H,7-10,13H2,1-2H3,(H2,24,25,26)/i1D3,2D3,9D2,10D2,11D,12D. The molecule has 1 saturated heterocycles. The number of carbonyl (C=O) groups is 1. The molecule has 33 heavy (non-hydrogen) atoms. The number of nitrogens with two attached hydrogens (primary N) is 1. The first-order valence-electron chi connectivity index (χ1n) is 15.6. The number of hydrogen-bond donors (Lipinski definition) is 1. The zero-order valence-electron chi connectivity index (χ0n) is 28.9. The van der Waals surface area contributed by atoms with Crippen molar-refractivity contribution in [1.29, 1.82) is 0 Å². The first-order chi connectivity index (χ1) is 20.7. The van der Waals surface area contributed by atoms with Gasteiger partial charge in [0.2, 0.25) is 12.1 Å². The number of hydrogen-bond acceptors (Lipinski definition) is 9. The molecule has 2 aromatic carbocycles. The van der Waals surface area contributed by atoms with Gasteiger partial charge in [-0.2, -0.15) is 4.98 Å². The molecule has 1 aromatic heterocycles. The Morgan fingerprint density at radius 2 is 1.91 bits per heavy atom. The third-order valence-electron chi connectivity index (χ3n) is 4.94. The van der Waals surface area contributed by atoms with E-state index in [0.29, 0.717) is 16.4 Å². The summed E-state index contributed by atoms with van der Waals surface area (Å²) in [5, 5.41) is -0.453. The van der Waals surface area contributed by atoms with Crippen molar-refractivity contribution in [3.05, 3.63) is 36.4 Å². The molecule has 3 aromatic rings. The molecule has 2 aliphatic heterocycles. The topological polar surface area (TPSA) is 112 Å². The van der Waals surface area contributed by atoms with E-state index < -0.39 is 98.4 Å². The largest absolute Gasteiger partial charge is 0.493 e. The Hall–Kier alpha value is -3.95. The fourth-order valence-corrected chi connectivity index (χ4v) is 3.32. The predicted molar refractivity (Wildman–Crippen MR) is 122 cm³/mol. The van der Waals surface area contributed by atoms with Crippen molar-refractivity contribution in [1.82, 2.24) is 14.9 Å². The molecule has 1 unspecified atom stereocenters. The van der Waals surface area contributed by atoms with Gasteiger partial charge in [-0.1, -0.05) is 12.1 Å². The summed E-state index contributed by atoms with van der Waals surface area (Å²) in [6, 6.07) is 4.89. The highest BCUT2D eigenvalue weighted by molar-refractivity contribution is 5.91. The van der Waals surface area contributed by atoms with Crippen LogP contribution >= 0.6 is 0 Å². The molecule has 1 amide bonds. The molecule has 2 aliphatic rings. The Labute approximate surface area is 207 Å². The smallest absolute Gasteiger partial charge is 0.267 e. The van der Waals surface area contributed by atoms with E-state index in [-0.39, 0.29) is 6.61 Å². The van der Waals surface area contributed by atoms with Gasteiger partial charge in [-0.25, -0.2) is 4.98 Å². The van der Waals surface area contributed by atoms with Gasteiger partial charge < -0.3 is 34.5 Å². The summed E-state index contributed by atoms with van der Waals surface area (Å²) in [7, 11) is -6.42. The van der Waals surface area contributed by atoms with Gasteiger partial charge in [0.1, 0.15) is 12.4 Å². The van der Waals surface area contributed by atoms with Crippen LogP contribution < -0.4 is 29.6 Å². The summed E-state index contributed by atoms with van der Waals surface area (Å²) in [5.74, 6) is -3.26.